The van der Waals surface area contributed by atoms with Crippen molar-refractivity contribution < 1.29 is 13.6 Å². The second kappa shape index (κ2) is 7.31. The average molecular weight is 367 g/mol. The number of halogens is 2. The Hall–Kier alpha value is -3.02. The minimum atomic E-state index is -0.764. The van der Waals surface area contributed by atoms with E-state index in [1.54, 1.807) is 6.20 Å². The number of carbonyl (C=O) groups is 1. The maximum Gasteiger partial charge on any atom is 0.251 e. The van der Waals surface area contributed by atoms with E-state index in [2.05, 4.69) is 22.5 Å². The molecule has 1 atom stereocenters. The summed E-state index contributed by atoms with van der Waals surface area (Å²) in [6.45, 7) is 0.673. The highest BCUT2D eigenvalue weighted by Crippen LogP contribution is 2.30. The smallest absolute Gasteiger partial charge is 0.251 e. The van der Waals surface area contributed by atoms with Crippen LogP contribution in [0.5, 0.6) is 0 Å². The molecule has 0 saturated heterocycles. The molecule has 4 nitrogen and oxygen atoms in total. The molecule has 3 aromatic rings. The predicted molar refractivity (Wildman–Crippen MR) is 97.3 cm³/mol. The first kappa shape index (κ1) is 17.4. The third-order valence-corrected chi connectivity index (χ3v) is 4.87. The zero-order chi connectivity index (χ0) is 18.8. The van der Waals surface area contributed by atoms with E-state index in [1.165, 1.54) is 0 Å². The van der Waals surface area contributed by atoms with E-state index in [0.29, 0.717) is 6.54 Å². The zero-order valence-electron chi connectivity index (χ0n) is 14.7. The summed E-state index contributed by atoms with van der Waals surface area (Å²) in [7, 11) is 0. The van der Waals surface area contributed by atoms with Gasteiger partial charge in [-0.3, -0.25) is 9.48 Å². The van der Waals surface area contributed by atoms with Crippen LogP contribution in [0, 0.1) is 11.6 Å². The van der Waals surface area contributed by atoms with Crippen molar-refractivity contribution in [2.75, 3.05) is 0 Å². The molecule has 0 spiro atoms. The molecule has 1 aliphatic rings. The van der Waals surface area contributed by atoms with Crippen LogP contribution in [0.25, 0.3) is 0 Å². The third kappa shape index (κ3) is 3.74. The SMILES string of the molecule is O=C(NC1CCCc2c1cnn2Cc1ccccc1)c1cc(F)cc(F)c1. The normalized spacial score (nSPS) is 16.0. The van der Waals surface area contributed by atoms with Gasteiger partial charge in [-0.2, -0.15) is 5.10 Å². The molecule has 138 valence electrons. The van der Waals surface area contributed by atoms with Crippen LogP contribution < -0.4 is 5.32 Å². The van der Waals surface area contributed by atoms with E-state index in [-0.39, 0.29) is 11.6 Å². The summed E-state index contributed by atoms with van der Waals surface area (Å²) in [6.07, 6.45) is 4.36. The number of aromatic nitrogens is 2. The lowest BCUT2D eigenvalue weighted by Gasteiger charge is -2.24. The standard InChI is InChI=1S/C21H19F2N3O/c22-16-9-15(10-17(23)11-16)21(27)25-19-7-4-8-20-18(19)12-24-26(20)13-14-5-2-1-3-6-14/h1-3,5-6,9-12,19H,4,7-8,13H2,(H,25,27). The summed E-state index contributed by atoms with van der Waals surface area (Å²) in [5.41, 5.74) is 3.21. The lowest BCUT2D eigenvalue weighted by Crippen LogP contribution is -2.31. The fraction of sp³-hybridized carbons (Fsp3) is 0.238. The lowest BCUT2D eigenvalue weighted by molar-refractivity contribution is 0.0931. The third-order valence-electron chi connectivity index (χ3n) is 4.87. The second-order valence-corrected chi connectivity index (χ2v) is 6.77. The molecule has 0 fully saturated rings. The zero-order valence-corrected chi connectivity index (χ0v) is 14.7. The van der Waals surface area contributed by atoms with E-state index < -0.39 is 17.5 Å². The molecule has 0 saturated carbocycles. The summed E-state index contributed by atoms with van der Waals surface area (Å²) in [5.74, 6) is -2.01. The molecule has 1 N–H and O–H groups in total. The van der Waals surface area contributed by atoms with E-state index in [4.69, 9.17) is 0 Å². The largest absolute Gasteiger partial charge is 0.345 e. The molecule has 1 heterocycles. The van der Waals surface area contributed by atoms with Gasteiger partial charge in [0.1, 0.15) is 11.6 Å². The van der Waals surface area contributed by atoms with Crippen LogP contribution in [0.4, 0.5) is 8.78 Å². The highest BCUT2D eigenvalue weighted by Gasteiger charge is 2.26. The molecule has 0 bridgehead atoms. The molecule has 0 aliphatic heterocycles. The Balaban J connectivity index is 1.54. The van der Waals surface area contributed by atoms with Gasteiger partial charge in [0.2, 0.25) is 0 Å². The molecule has 0 radical (unpaired) electrons. The van der Waals surface area contributed by atoms with Crippen molar-refractivity contribution in [1.82, 2.24) is 15.1 Å². The van der Waals surface area contributed by atoms with E-state index >= 15 is 0 Å². The van der Waals surface area contributed by atoms with Crippen molar-refractivity contribution in [1.29, 1.82) is 0 Å². The highest BCUT2D eigenvalue weighted by atomic mass is 19.1. The molecule has 2 aromatic carbocycles. The van der Waals surface area contributed by atoms with Gasteiger partial charge in [-0.1, -0.05) is 30.3 Å². The van der Waals surface area contributed by atoms with Crippen molar-refractivity contribution in [3.05, 3.63) is 88.7 Å². The summed E-state index contributed by atoms with van der Waals surface area (Å²) in [6, 6.07) is 12.7. The number of nitrogens with one attached hydrogen (secondary N) is 1. The minimum Gasteiger partial charge on any atom is -0.345 e. The van der Waals surface area contributed by atoms with E-state index in [1.807, 2.05) is 22.9 Å². The van der Waals surface area contributed by atoms with Gasteiger partial charge < -0.3 is 5.32 Å². The van der Waals surface area contributed by atoms with E-state index in [0.717, 1.165) is 54.3 Å². The Morgan fingerprint density at radius 3 is 2.63 bits per heavy atom. The van der Waals surface area contributed by atoms with Gasteiger partial charge in [0.15, 0.2) is 0 Å². The van der Waals surface area contributed by atoms with Gasteiger partial charge in [-0.15, -0.1) is 0 Å². The van der Waals surface area contributed by atoms with Gasteiger partial charge >= 0.3 is 0 Å². The van der Waals surface area contributed by atoms with Crippen molar-refractivity contribution >= 4 is 5.91 Å². The fourth-order valence-corrected chi connectivity index (χ4v) is 3.59. The minimum absolute atomic E-state index is 0.0173. The first-order valence-corrected chi connectivity index (χ1v) is 8.95. The van der Waals surface area contributed by atoms with Crippen LogP contribution in [0.15, 0.2) is 54.7 Å². The van der Waals surface area contributed by atoms with Crippen molar-refractivity contribution in [2.45, 2.75) is 31.8 Å². The van der Waals surface area contributed by atoms with Gasteiger partial charge in [-0.25, -0.2) is 8.78 Å². The second-order valence-electron chi connectivity index (χ2n) is 6.77. The number of hydrogen-bond donors (Lipinski definition) is 1. The maximum absolute atomic E-state index is 13.4. The molecule has 1 aromatic heterocycles. The van der Waals surface area contributed by atoms with Crippen molar-refractivity contribution in [2.24, 2.45) is 0 Å². The first-order chi connectivity index (χ1) is 13.1. The van der Waals surface area contributed by atoms with Crippen LogP contribution >= 0.6 is 0 Å². The molecule has 6 heteroatoms. The maximum atomic E-state index is 13.4. The summed E-state index contributed by atoms with van der Waals surface area (Å²) < 4.78 is 28.7. The summed E-state index contributed by atoms with van der Waals surface area (Å²) in [5, 5.41) is 7.39. The van der Waals surface area contributed by atoms with Crippen LogP contribution in [-0.2, 0) is 13.0 Å². The number of benzene rings is 2. The fourth-order valence-electron chi connectivity index (χ4n) is 3.59. The topological polar surface area (TPSA) is 46.9 Å². The number of fused-ring (bicyclic) bond motifs is 1. The van der Waals surface area contributed by atoms with Crippen LogP contribution in [-0.4, -0.2) is 15.7 Å². The first-order valence-electron chi connectivity index (χ1n) is 8.95. The Morgan fingerprint density at radius 2 is 1.89 bits per heavy atom. The number of rotatable bonds is 4. The van der Waals surface area contributed by atoms with Crippen LogP contribution in [0.2, 0.25) is 0 Å². The van der Waals surface area contributed by atoms with Crippen LogP contribution in [0.3, 0.4) is 0 Å². The number of nitrogens with zero attached hydrogens (tertiary/aromatic N) is 2. The van der Waals surface area contributed by atoms with E-state index in [9.17, 15) is 13.6 Å². The molecule has 1 unspecified atom stereocenters. The monoisotopic (exact) mass is 367 g/mol. The molecular formula is C21H19F2N3O. The Labute approximate surface area is 155 Å². The Bertz CT molecular complexity index is 949. The quantitative estimate of drug-likeness (QED) is 0.757. The van der Waals surface area contributed by atoms with Crippen molar-refractivity contribution in [3.8, 4) is 0 Å². The predicted octanol–water partition coefficient (Wildman–Crippen LogP) is 4.02. The highest BCUT2D eigenvalue weighted by molar-refractivity contribution is 5.94. The Kier molecular flexibility index (Phi) is 4.71. The number of hydrogen-bond acceptors (Lipinski definition) is 2. The molecule has 1 aliphatic carbocycles. The van der Waals surface area contributed by atoms with Gasteiger partial charge in [0.25, 0.3) is 5.91 Å². The molecule has 27 heavy (non-hydrogen) atoms. The summed E-state index contributed by atoms with van der Waals surface area (Å²) in [4.78, 5) is 12.5. The summed E-state index contributed by atoms with van der Waals surface area (Å²) >= 11 is 0. The number of carbonyl (C=O) groups excluding carboxylic acids is 1. The molecular weight excluding hydrogens is 348 g/mol. The van der Waals surface area contributed by atoms with Crippen molar-refractivity contribution in [3.63, 3.8) is 0 Å². The van der Waals surface area contributed by atoms with Gasteiger partial charge in [-0.05, 0) is 37.0 Å². The molecule has 1 amide bonds. The average Bonchev–Trinajstić information content (AvgIpc) is 3.06. The van der Waals surface area contributed by atoms with Gasteiger partial charge in [0, 0.05) is 22.9 Å². The van der Waals surface area contributed by atoms with Crippen LogP contribution in [0.1, 0.15) is 46.1 Å². The molecule has 4 rings (SSSR count). The Morgan fingerprint density at radius 1 is 1.15 bits per heavy atom. The number of amides is 1. The lowest BCUT2D eigenvalue weighted by atomic mass is 9.92. The van der Waals surface area contributed by atoms with Gasteiger partial charge in [0.05, 0.1) is 18.8 Å².